The van der Waals surface area contributed by atoms with E-state index in [0.717, 1.165) is 28.4 Å². The summed E-state index contributed by atoms with van der Waals surface area (Å²) < 4.78 is 6.78. The zero-order valence-corrected chi connectivity index (χ0v) is 17.8. The van der Waals surface area contributed by atoms with Gasteiger partial charge in [-0.05, 0) is 39.3 Å². The molecule has 0 aliphatic carbocycles. The molecule has 1 heterocycles. The van der Waals surface area contributed by atoms with Gasteiger partial charge >= 0.3 is 12.0 Å². The number of rotatable bonds is 8. The summed E-state index contributed by atoms with van der Waals surface area (Å²) in [5, 5.41) is 9.26. The van der Waals surface area contributed by atoms with Crippen LogP contribution in [0.4, 0.5) is 4.79 Å². The lowest BCUT2D eigenvalue weighted by atomic mass is 10.3. The molecule has 0 saturated carbocycles. The Morgan fingerprint density at radius 1 is 1.21 bits per heavy atom. The third-order valence-electron chi connectivity index (χ3n) is 4.17. The molecule has 156 valence electrons. The highest BCUT2D eigenvalue weighted by Gasteiger charge is 2.16. The SMILES string of the molecule is CC[C@H](C)NC(=O)NC(=O)COC(=O)CSc1c(C)nn(-c2ccccc2)c1C. The van der Waals surface area contributed by atoms with Crippen molar-refractivity contribution in [3.05, 3.63) is 41.7 Å². The highest BCUT2D eigenvalue weighted by Crippen LogP contribution is 2.27. The van der Waals surface area contributed by atoms with Crippen molar-refractivity contribution in [1.29, 1.82) is 0 Å². The molecule has 0 fully saturated rings. The molecular weight excluding hydrogens is 392 g/mol. The van der Waals surface area contributed by atoms with Gasteiger partial charge in [-0.3, -0.25) is 14.9 Å². The summed E-state index contributed by atoms with van der Waals surface area (Å²) >= 11 is 1.31. The first-order valence-electron chi connectivity index (χ1n) is 9.32. The molecule has 2 aromatic rings. The van der Waals surface area contributed by atoms with Gasteiger partial charge in [0.2, 0.25) is 0 Å². The molecule has 1 aromatic carbocycles. The average Bonchev–Trinajstić information content (AvgIpc) is 2.98. The summed E-state index contributed by atoms with van der Waals surface area (Å²) in [6.07, 6.45) is 0.744. The second-order valence-corrected chi connectivity index (χ2v) is 7.51. The van der Waals surface area contributed by atoms with E-state index in [1.807, 2.05) is 62.7 Å². The van der Waals surface area contributed by atoms with Crippen molar-refractivity contribution >= 4 is 29.7 Å². The van der Waals surface area contributed by atoms with Gasteiger partial charge in [0.1, 0.15) is 0 Å². The van der Waals surface area contributed by atoms with E-state index >= 15 is 0 Å². The Morgan fingerprint density at radius 3 is 2.55 bits per heavy atom. The number of nitrogens with one attached hydrogen (secondary N) is 2. The van der Waals surface area contributed by atoms with Crippen LogP contribution in [0.1, 0.15) is 31.7 Å². The molecule has 3 amide bonds. The van der Waals surface area contributed by atoms with Crippen LogP contribution >= 0.6 is 11.8 Å². The largest absolute Gasteiger partial charge is 0.455 e. The minimum Gasteiger partial charge on any atom is -0.455 e. The van der Waals surface area contributed by atoms with Crippen molar-refractivity contribution in [2.75, 3.05) is 12.4 Å². The number of nitrogens with zero attached hydrogens (tertiary/aromatic N) is 2. The van der Waals surface area contributed by atoms with E-state index < -0.39 is 24.5 Å². The molecule has 1 atom stereocenters. The number of aromatic nitrogens is 2. The predicted octanol–water partition coefficient (Wildman–Crippen LogP) is 2.75. The molecule has 0 unspecified atom stereocenters. The monoisotopic (exact) mass is 418 g/mol. The molecule has 0 bridgehead atoms. The first-order valence-corrected chi connectivity index (χ1v) is 10.3. The lowest BCUT2D eigenvalue weighted by Gasteiger charge is -2.11. The van der Waals surface area contributed by atoms with Crippen LogP contribution in [0, 0.1) is 13.8 Å². The van der Waals surface area contributed by atoms with Crippen LogP contribution in [0.25, 0.3) is 5.69 Å². The highest BCUT2D eigenvalue weighted by molar-refractivity contribution is 8.00. The molecular formula is C20H26N4O4S. The number of esters is 1. The van der Waals surface area contributed by atoms with Crippen LogP contribution in [-0.4, -0.2) is 46.1 Å². The summed E-state index contributed by atoms with van der Waals surface area (Å²) in [6, 6.07) is 9.06. The zero-order valence-electron chi connectivity index (χ0n) is 17.0. The van der Waals surface area contributed by atoms with E-state index in [9.17, 15) is 14.4 Å². The zero-order chi connectivity index (χ0) is 21.4. The third kappa shape index (κ3) is 6.63. The summed E-state index contributed by atoms with van der Waals surface area (Å²) in [5.74, 6) is -1.18. The number of para-hydroxylation sites is 1. The van der Waals surface area contributed by atoms with E-state index in [-0.39, 0.29) is 11.8 Å². The number of carbonyl (C=O) groups is 3. The predicted molar refractivity (Wildman–Crippen MR) is 111 cm³/mol. The van der Waals surface area contributed by atoms with Crippen LogP contribution in [0.3, 0.4) is 0 Å². The normalized spacial score (nSPS) is 11.6. The van der Waals surface area contributed by atoms with Crippen molar-refractivity contribution < 1.29 is 19.1 Å². The van der Waals surface area contributed by atoms with Crippen molar-refractivity contribution in [3.8, 4) is 5.69 Å². The highest BCUT2D eigenvalue weighted by atomic mass is 32.2. The Labute approximate surface area is 174 Å². The number of aryl methyl sites for hydroxylation is 1. The average molecular weight is 419 g/mol. The smallest absolute Gasteiger partial charge is 0.321 e. The van der Waals surface area contributed by atoms with Crippen LogP contribution in [0.15, 0.2) is 35.2 Å². The van der Waals surface area contributed by atoms with Gasteiger partial charge in [-0.15, -0.1) is 11.8 Å². The Bertz CT molecular complexity index is 867. The molecule has 0 radical (unpaired) electrons. The fraction of sp³-hybridized carbons (Fsp3) is 0.400. The van der Waals surface area contributed by atoms with Crippen molar-refractivity contribution in [2.45, 2.75) is 45.1 Å². The van der Waals surface area contributed by atoms with E-state index in [2.05, 4.69) is 15.7 Å². The molecule has 29 heavy (non-hydrogen) atoms. The van der Waals surface area contributed by atoms with Crippen molar-refractivity contribution in [1.82, 2.24) is 20.4 Å². The maximum absolute atomic E-state index is 12.0. The number of carbonyl (C=O) groups excluding carboxylic acids is 3. The number of thioether (sulfide) groups is 1. The third-order valence-corrected chi connectivity index (χ3v) is 5.43. The molecule has 0 saturated heterocycles. The van der Waals surface area contributed by atoms with Gasteiger partial charge in [-0.25, -0.2) is 9.48 Å². The lowest BCUT2D eigenvalue weighted by molar-refractivity contribution is -0.145. The Hall–Kier alpha value is -2.81. The van der Waals surface area contributed by atoms with Gasteiger partial charge < -0.3 is 10.1 Å². The quantitative estimate of drug-likeness (QED) is 0.505. The second kappa shape index (κ2) is 10.7. The standard InChI is InChI=1S/C20H26N4O4S/c1-5-13(2)21-20(27)22-17(25)11-28-18(26)12-29-19-14(3)23-24(15(19)4)16-9-7-6-8-10-16/h6-10,13H,5,11-12H2,1-4H3,(H2,21,22,25,27)/t13-/m0/s1. The minimum atomic E-state index is -0.673. The number of amides is 3. The Morgan fingerprint density at radius 2 is 1.90 bits per heavy atom. The molecule has 1 aromatic heterocycles. The van der Waals surface area contributed by atoms with Gasteiger partial charge in [-0.2, -0.15) is 5.10 Å². The molecule has 0 aliphatic heterocycles. The van der Waals surface area contributed by atoms with E-state index in [1.54, 1.807) is 0 Å². The summed E-state index contributed by atoms with van der Waals surface area (Å²) in [5.41, 5.74) is 2.67. The van der Waals surface area contributed by atoms with E-state index in [0.29, 0.717) is 0 Å². The van der Waals surface area contributed by atoms with Crippen LogP contribution < -0.4 is 10.6 Å². The van der Waals surface area contributed by atoms with Gasteiger partial charge in [0.15, 0.2) is 6.61 Å². The van der Waals surface area contributed by atoms with Crippen LogP contribution in [0.5, 0.6) is 0 Å². The molecule has 0 spiro atoms. The van der Waals surface area contributed by atoms with Gasteiger partial charge in [0, 0.05) is 6.04 Å². The van der Waals surface area contributed by atoms with Crippen LogP contribution in [0.2, 0.25) is 0 Å². The molecule has 2 N–H and O–H groups in total. The molecule has 2 rings (SSSR count). The number of benzene rings is 1. The summed E-state index contributed by atoms with van der Waals surface area (Å²) in [4.78, 5) is 36.1. The fourth-order valence-electron chi connectivity index (χ4n) is 2.50. The number of hydrogen-bond acceptors (Lipinski definition) is 6. The topological polar surface area (TPSA) is 102 Å². The molecule has 0 aliphatic rings. The second-order valence-electron chi connectivity index (χ2n) is 6.53. The van der Waals surface area contributed by atoms with Crippen molar-refractivity contribution in [2.24, 2.45) is 0 Å². The Kier molecular flexibility index (Phi) is 8.26. The number of urea groups is 1. The maximum atomic E-state index is 12.0. The number of hydrogen-bond donors (Lipinski definition) is 2. The number of imide groups is 1. The van der Waals surface area contributed by atoms with Crippen molar-refractivity contribution in [3.63, 3.8) is 0 Å². The molecule has 9 heteroatoms. The summed E-state index contributed by atoms with van der Waals surface area (Å²) in [6.45, 7) is 7.05. The summed E-state index contributed by atoms with van der Waals surface area (Å²) in [7, 11) is 0. The van der Waals surface area contributed by atoms with E-state index in [4.69, 9.17) is 4.74 Å². The number of ether oxygens (including phenoxy) is 1. The molecule has 8 nitrogen and oxygen atoms in total. The van der Waals surface area contributed by atoms with Gasteiger partial charge in [0.05, 0.1) is 27.7 Å². The van der Waals surface area contributed by atoms with Gasteiger partial charge in [0.25, 0.3) is 5.91 Å². The minimum absolute atomic E-state index is 0.0362. The first-order chi connectivity index (χ1) is 13.8. The van der Waals surface area contributed by atoms with Crippen LogP contribution in [-0.2, 0) is 14.3 Å². The maximum Gasteiger partial charge on any atom is 0.321 e. The lowest BCUT2D eigenvalue weighted by Crippen LogP contribution is -2.44. The fourth-order valence-corrected chi connectivity index (χ4v) is 3.39. The van der Waals surface area contributed by atoms with Gasteiger partial charge in [-0.1, -0.05) is 25.1 Å². The first kappa shape index (κ1) is 22.5. The van der Waals surface area contributed by atoms with E-state index in [1.165, 1.54) is 11.8 Å². The Balaban J connectivity index is 1.83.